The summed E-state index contributed by atoms with van der Waals surface area (Å²) < 4.78 is 5.57. The number of ether oxygens (including phenoxy) is 1. The largest absolute Gasteiger partial charge is 0.495 e. The Morgan fingerprint density at radius 2 is 1.89 bits per heavy atom. The van der Waals surface area contributed by atoms with Gasteiger partial charge in [0, 0.05) is 44.6 Å². The number of rotatable bonds is 7. The topological polar surface area (TPSA) is 120 Å². The van der Waals surface area contributed by atoms with E-state index < -0.39 is 0 Å². The summed E-state index contributed by atoms with van der Waals surface area (Å²) in [7, 11) is 3.32. The molecule has 1 atom stereocenters. The van der Waals surface area contributed by atoms with E-state index in [9.17, 15) is 14.4 Å². The van der Waals surface area contributed by atoms with E-state index in [1.54, 1.807) is 48.5 Å². The van der Waals surface area contributed by atoms with Crippen LogP contribution in [0.4, 0.5) is 23.1 Å². The minimum absolute atomic E-state index is 0.0721. The number of nitrogens with zero attached hydrogens (tertiary/aromatic N) is 5. The van der Waals surface area contributed by atoms with E-state index in [2.05, 4.69) is 20.6 Å². The van der Waals surface area contributed by atoms with Crippen LogP contribution in [0.2, 0.25) is 0 Å². The molecule has 11 nitrogen and oxygen atoms in total. The van der Waals surface area contributed by atoms with Crippen molar-refractivity contribution in [2.75, 3.05) is 42.4 Å². The van der Waals surface area contributed by atoms with Gasteiger partial charge >= 0.3 is 0 Å². The quantitative estimate of drug-likeness (QED) is 0.566. The predicted molar refractivity (Wildman–Crippen MR) is 144 cm³/mol. The molecule has 2 amide bonds. The summed E-state index contributed by atoms with van der Waals surface area (Å²) in [5, 5.41) is 5.01. The summed E-state index contributed by atoms with van der Waals surface area (Å²) in [6.07, 6.45) is 7.67. The Hall–Kier alpha value is -3.73. The first-order valence-electron chi connectivity index (χ1n) is 13.3. The molecule has 5 rings (SSSR count). The maximum atomic E-state index is 13.1. The predicted octanol–water partition coefficient (Wildman–Crippen LogP) is 3.04. The van der Waals surface area contributed by atoms with Crippen molar-refractivity contribution >= 4 is 40.7 Å². The molecule has 0 radical (unpaired) electrons. The number of carbonyl (C=O) groups is 3. The van der Waals surface area contributed by atoms with Crippen molar-refractivity contribution in [2.45, 2.75) is 64.0 Å². The van der Waals surface area contributed by atoms with Gasteiger partial charge in [-0.3, -0.25) is 19.8 Å². The Kier molecular flexibility index (Phi) is 7.46. The van der Waals surface area contributed by atoms with E-state index in [0.29, 0.717) is 61.0 Å². The Bertz CT molecular complexity index is 1220. The number of amides is 2. The number of fused-ring (bicyclic) bond motifs is 1. The second-order valence-corrected chi connectivity index (χ2v) is 10.1. The summed E-state index contributed by atoms with van der Waals surface area (Å²) >= 11 is 0. The van der Waals surface area contributed by atoms with Crippen LogP contribution in [0.15, 0.2) is 24.4 Å². The molecule has 0 spiro atoms. The highest BCUT2D eigenvalue weighted by Crippen LogP contribution is 2.40. The lowest BCUT2D eigenvalue weighted by Gasteiger charge is -2.43. The van der Waals surface area contributed by atoms with Gasteiger partial charge in [-0.2, -0.15) is 4.98 Å². The number of anilines is 4. The zero-order valence-corrected chi connectivity index (χ0v) is 22.2. The molecule has 11 heteroatoms. The molecule has 202 valence electrons. The van der Waals surface area contributed by atoms with Gasteiger partial charge in [-0.25, -0.2) is 9.99 Å². The molecule has 1 saturated carbocycles. The van der Waals surface area contributed by atoms with E-state index in [0.717, 1.165) is 31.5 Å². The zero-order valence-electron chi connectivity index (χ0n) is 22.2. The van der Waals surface area contributed by atoms with Crippen molar-refractivity contribution < 1.29 is 19.1 Å². The van der Waals surface area contributed by atoms with Gasteiger partial charge in [-0.05, 0) is 37.5 Å². The van der Waals surface area contributed by atoms with Gasteiger partial charge in [0.1, 0.15) is 23.3 Å². The molecular formula is C27H35N7O4. The number of hydrogen-bond donors (Lipinski definition) is 2. The standard InChI is InChI=1S/C27H35N7O4/c1-4-21-26(37)32(2)22-16-28-27(30-24(22)34(21)18-7-5-6-8-18)29-20-10-9-17(15-23(20)38-3)25(36)31-33-13-11-19(35)12-14-33/h9-10,15-16,18,21H,4-8,11-14H2,1-3H3,(H,31,36)(H,28,29,30)/t21-/m1/s1. The number of aromatic nitrogens is 2. The molecule has 3 heterocycles. The van der Waals surface area contributed by atoms with E-state index in [4.69, 9.17) is 9.72 Å². The zero-order chi connectivity index (χ0) is 26.8. The minimum atomic E-state index is -0.264. The molecule has 2 aliphatic heterocycles. The van der Waals surface area contributed by atoms with Gasteiger partial charge in [0.15, 0.2) is 5.82 Å². The summed E-state index contributed by atoms with van der Waals surface area (Å²) in [4.78, 5) is 50.6. The van der Waals surface area contributed by atoms with Crippen molar-refractivity contribution in [3.05, 3.63) is 30.0 Å². The number of carbonyl (C=O) groups excluding carboxylic acids is 3. The van der Waals surface area contributed by atoms with E-state index in [1.807, 2.05) is 6.92 Å². The van der Waals surface area contributed by atoms with E-state index >= 15 is 0 Å². The van der Waals surface area contributed by atoms with Crippen LogP contribution < -0.4 is 25.3 Å². The maximum Gasteiger partial charge on any atom is 0.265 e. The lowest BCUT2D eigenvalue weighted by molar-refractivity contribution is -0.122. The maximum absolute atomic E-state index is 13.1. The number of benzene rings is 1. The second kappa shape index (κ2) is 10.9. The van der Waals surface area contributed by atoms with Crippen LogP contribution in [0, 0.1) is 0 Å². The fraction of sp³-hybridized carbons (Fsp3) is 0.519. The Labute approximate surface area is 222 Å². The van der Waals surface area contributed by atoms with Gasteiger partial charge in [0.25, 0.3) is 5.91 Å². The smallest absolute Gasteiger partial charge is 0.265 e. The number of methoxy groups -OCH3 is 1. The van der Waals surface area contributed by atoms with E-state index in [1.165, 1.54) is 0 Å². The van der Waals surface area contributed by atoms with Crippen LogP contribution in [0.1, 0.15) is 62.2 Å². The first-order valence-corrected chi connectivity index (χ1v) is 13.3. The van der Waals surface area contributed by atoms with Crippen LogP contribution in [0.3, 0.4) is 0 Å². The molecule has 0 unspecified atom stereocenters. The van der Waals surface area contributed by atoms with Crippen molar-refractivity contribution in [1.29, 1.82) is 0 Å². The Balaban J connectivity index is 1.38. The first kappa shape index (κ1) is 25.9. The Morgan fingerprint density at radius 3 is 2.58 bits per heavy atom. The van der Waals surface area contributed by atoms with Crippen LogP contribution in [0.5, 0.6) is 5.75 Å². The van der Waals surface area contributed by atoms with Gasteiger partial charge in [-0.1, -0.05) is 19.8 Å². The van der Waals surface area contributed by atoms with E-state index in [-0.39, 0.29) is 29.7 Å². The summed E-state index contributed by atoms with van der Waals surface area (Å²) in [5.41, 5.74) is 4.62. The van der Waals surface area contributed by atoms with Crippen LogP contribution in [-0.2, 0) is 9.59 Å². The van der Waals surface area contributed by atoms with Gasteiger partial charge in [0.2, 0.25) is 11.9 Å². The van der Waals surface area contributed by atoms with Gasteiger partial charge in [-0.15, -0.1) is 0 Å². The second-order valence-electron chi connectivity index (χ2n) is 10.1. The molecule has 38 heavy (non-hydrogen) atoms. The summed E-state index contributed by atoms with van der Waals surface area (Å²) in [6, 6.07) is 5.16. The fourth-order valence-corrected chi connectivity index (χ4v) is 5.58. The number of hydrazine groups is 1. The van der Waals surface area contributed by atoms with Crippen LogP contribution >= 0.6 is 0 Å². The molecule has 1 aromatic heterocycles. The highest BCUT2D eigenvalue weighted by molar-refractivity contribution is 6.04. The van der Waals surface area contributed by atoms with Crippen molar-refractivity contribution in [3.63, 3.8) is 0 Å². The molecule has 0 bridgehead atoms. The first-order chi connectivity index (χ1) is 18.4. The van der Waals surface area contributed by atoms with Crippen molar-refractivity contribution in [1.82, 2.24) is 20.4 Å². The molecule has 2 fully saturated rings. The number of nitrogens with one attached hydrogen (secondary N) is 2. The summed E-state index contributed by atoms with van der Waals surface area (Å²) in [5.74, 6) is 1.64. The summed E-state index contributed by atoms with van der Waals surface area (Å²) in [6.45, 7) is 3.06. The number of piperidine rings is 1. The third-order valence-corrected chi connectivity index (χ3v) is 7.70. The van der Waals surface area contributed by atoms with Crippen LogP contribution in [-0.4, -0.2) is 71.9 Å². The highest BCUT2D eigenvalue weighted by atomic mass is 16.5. The molecule has 1 aliphatic carbocycles. The molecule has 2 N–H and O–H groups in total. The van der Waals surface area contributed by atoms with Crippen molar-refractivity contribution in [3.8, 4) is 5.75 Å². The molecule has 3 aliphatic rings. The number of Topliss-reactive ketones (excluding diaryl/α,β-unsaturated/α-hetero) is 1. The fourth-order valence-electron chi connectivity index (χ4n) is 5.58. The Morgan fingerprint density at radius 1 is 1.16 bits per heavy atom. The van der Waals surface area contributed by atoms with Gasteiger partial charge < -0.3 is 19.9 Å². The van der Waals surface area contributed by atoms with Crippen molar-refractivity contribution in [2.24, 2.45) is 0 Å². The average Bonchev–Trinajstić information content (AvgIpc) is 3.46. The third-order valence-electron chi connectivity index (χ3n) is 7.70. The number of ketones is 1. The SMILES string of the molecule is CC[C@@H]1C(=O)N(C)c2cnc(Nc3ccc(C(=O)NN4CCC(=O)CC4)cc3OC)nc2N1C1CCCC1. The monoisotopic (exact) mass is 521 g/mol. The molecule has 2 aromatic rings. The van der Waals surface area contributed by atoms with Gasteiger partial charge in [0.05, 0.1) is 19.0 Å². The molecular weight excluding hydrogens is 486 g/mol. The average molecular weight is 522 g/mol. The normalized spacial score (nSPS) is 20.4. The lowest BCUT2D eigenvalue weighted by atomic mass is 10.0. The highest BCUT2D eigenvalue weighted by Gasteiger charge is 2.41. The molecule has 1 saturated heterocycles. The minimum Gasteiger partial charge on any atom is -0.495 e. The lowest BCUT2D eigenvalue weighted by Crippen LogP contribution is -2.55. The number of likely N-dealkylation sites (N-methyl/N-ethyl adjacent to an activating group) is 1. The molecule has 1 aromatic carbocycles. The van der Waals surface area contributed by atoms with Crippen LogP contribution in [0.25, 0.3) is 0 Å². The number of hydrogen-bond acceptors (Lipinski definition) is 9. The third kappa shape index (κ3) is 5.02.